The SMILES string of the molecule is COc1cc(/C=C2\N=C(c3ccccc3F)OC2=O)cc(Br)c1OCc1ccccc1I. The Bertz CT molecular complexity index is 1260. The third kappa shape index (κ3) is 4.86. The van der Waals surface area contributed by atoms with Crippen LogP contribution >= 0.6 is 38.5 Å². The summed E-state index contributed by atoms with van der Waals surface area (Å²) in [5.74, 6) is -0.208. The van der Waals surface area contributed by atoms with Crippen LogP contribution in [-0.4, -0.2) is 19.0 Å². The Labute approximate surface area is 206 Å². The molecule has 0 fully saturated rings. The van der Waals surface area contributed by atoms with Crippen LogP contribution in [0.4, 0.5) is 4.39 Å². The van der Waals surface area contributed by atoms with E-state index in [1.165, 1.54) is 19.2 Å². The van der Waals surface area contributed by atoms with Crippen LogP contribution in [0.15, 0.2) is 75.8 Å². The Kier molecular flexibility index (Phi) is 6.90. The number of cyclic esters (lactones) is 1. The lowest BCUT2D eigenvalue weighted by atomic mass is 10.1. The lowest BCUT2D eigenvalue weighted by molar-refractivity contribution is -0.129. The maximum atomic E-state index is 14.0. The zero-order valence-electron chi connectivity index (χ0n) is 16.8. The first-order valence-electron chi connectivity index (χ1n) is 9.47. The summed E-state index contributed by atoms with van der Waals surface area (Å²) in [5, 5.41) is 0. The standard InChI is InChI=1S/C24H16BrFINO4/c1-30-21-12-14(10-17(25)22(21)31-13-15-6-2-5-9-19(15)27)11-20-24(29)32-23(28-20)16-7-3-4-8-18(16)26/h2-12H,13H2,1H3/b20-11-. The molecule has 162 valence electrons. The first-order chi connectivity index (χ1) is 15.5. The van der Waals surface area contributed by atoms with Gasteiger partial charge in [0.25, 0.3) is 0 Å². The van der Waals surface area contributed by atoms with Crippen LogP contribution < -0.4 is 9.47 Å². The minimum atomic E-state index is -0.655. The molecule has 32 heavy (non-hydrogen) atoms. The topological polar surface area (TPSA) is 57.1 Å². The highest BCUT2D eigenvalue weighted by molar-refractivity contribution is 14.1. The fraction of sp³-hybridized carbons (Fsp3) is 0.0833. The van der Waals surface area contributed by atoms with E-state index in [9.17, 15) is 9.18 Å². The molecule has 0 aromatic heterocycles. The Morgan fingerprint density at radius 1 is 1.16 bits per heavy atom. The van der Waals surface area contributed by atoms with Crippen molar-refractivity contribution in [3.8, 4) is 11.5 Å². The van der Waals surface area contributed by atoms with Crippen LogP contribution in [0, 0.1) is 9.39 Å². The van der Waals surface area contributed by atoms with Crippen LogP contribution in [0.1, 0.15) is 16.7 Å². The quantitative estimate of drug-likeness (QED) is 0.192. The van der Waals surface area contributed by atoms with Crippen molar-refractivity contribution in [1.82, 2.24) is 0 Å². The van der Waals surface area contributed by atoms with Gasteiger partial charge in [0, 0.05) is 9.13 Å². The van der Waals surface area contributed by atoms with Crippen molar-refractivity contribution < 1.29 is 23.4 Å². The number of hydrogen-bond acceptors (Lipinski definition) is 5. The summed E-state index contributed by atoms with van der Waals surface area (Å²) in [7, 11) is 1.54. The van der Waals surface area contributed by atoms with Crippen molar-refractivity contribution in [3.05, 3.63) is 96.9 Å². The van der Waals surface area contributed by atoms with Crippen molar-refractivity contribution in [2.75, 3.05) is 7.11 Å². The number of carbonyl (C=O) groups is 1. The molecule has 0 aliphatic carbocycles. The summed E-state index contributed by atoms with van der Waals surface area (Å²) in [6, 6.07) is 17.4. The molecule has 0 radical (unpaired) electrons. The van der Waals surface area contributed by atoms with Gasteiger partial charge in [-0.3, -0.25) is 0 Å². The van der Waals surface area contributed by atoms with Crippen LogP contribution in [-0.2, 0) is 16.1 Å². The van der Waals surface area contributed by atoms with E-state index in [1.807, 2.05) is 24.3 Å². The van der Waals surface area contributed by atoms with Crippen molar-refractivity contribution >= 4 is 56.5 Å². The molecule has 8 heteroatoms. The van der Waals surface area contributed by atoms with E-state index in [2.05, 4.69) is 43.5 Å². The minimum Gasteiger partial charge on any atom is -0.493 e. The van der Waals surface area contributed by atoms with Gasteiger partial charge in [0.15, 0.2) is 17.2 Å². The normalized spacial score (nSPS) is 14.3. The number of nitrogens with zero attached hydrogens (tertiary/aromatic N) is 1. The maximum Gasteiger partial charge on any atom is 0.363 e. The molecule has 0 unspecified atom stereocenters. The highest BCUT2D eigenvalue weighted by Gasteiger charge is 2.26. The van der Waals surface area contributed by atoms with Crippen molar-refractivity contribution in [2.24, 2.45) is 4.99 Å². The highest BCUT2D eigenvalue weighted by atomic mass is 127. The summed E-state index contributed by atoms with van der Waals surface area (Å²) < 4.78 is 32.4. The van der Waals surface area contributed by atoms with Crippen LogP contribution in [0.2, 0.25) is 0 Å². The van der Waals surface area contributed by atoms with Crippen LogP contribution in [0.3, 0.4) is 0 Å². The highest BCUT2D eigenvalue weighted by Crippen LogP contribution is 2.38. The van der Waals surface area contributed by atoms with Crippen molar-refractivity contribution in [3.63, 3.8) is 0 Å². The van der Waals surface area contributed by atoms with Gasteiger partial charge in [0.1, 0.15) is 12.4 Å². The monoisotopic (exact) mass is 607 g/mol. The number of benzene rings is 3. The summed E-state index contributed by atoms with van der Waals surface area (Å²) in [6.07, 6.45) is 1.55. The number of carbonyl (C=O) groups excluding carboxylic acids is 1. The molecule has 3 aromatic carbocycles. The predicted octanol–water partition coefficient (Wildman–Crippen LogP) is 6.12. The number of aliphatic imine (C=N–C) groups is 1. The molecule has 0 amide bonds. The second kappa shape index (κ2) is 9.83. The first kappa shape index (κ1) is 22.5. The summed E-state index contributed by atoms with van der Waals surface area (Å²) >= 11 is 5.78. The second-order valence-electron chi connectivity index (χ2n) is 6.73. The van der Waals surface area contributed by atoms with E-state index in [0.717, 1.165) is 9.13 Å². The Morgan fingerprint density at radius 3 is 2.66 bits per heavy atom. The van der Waals surface area contributed by atoms with E-state index in [1.54, 1.807) is 30.3 Å². The number of hydrogen-bond donors (Lipinski definition) is 0. The molecule has 0 atom stereocenters. The molecule has 0 bridgehead atoms. The first-order valence-corrected chi connectivity index (χ1v) is 11.3. The van der Waals surface area contributed by atoms with Crippen LogP contribution in [0.25, 0.3) is 6.08 Å². The van der Waals surface area contributed by atoms with Gasteiger partial charge < -0.3 is 14.2 Å². The third-order valence-corrected chi connectivity index (χ3v) is 6.25. The molecule has 1 aliphatic heterocycles. The van der Waals surface area contributed by atoms with Crippen molar-refractivity contribution in [1.29, 1.82) is 0 Å². The molecule has 0 N–H and O–H groups in total. The molecule has 3 aromatic rings. The van der Waals surface area contributed by atoms with Gasteiger partial charge in [-0.05, 0) is 80.5 Å². The van der Waals surface area contributed by atoms with Crippen molar-refractivity contribution in [2.45, 2.75) is 6.61 Å². The zero-order chi connectivity index (χ0) is 22.7. The van der Waals surface area contributed by atoms with Gasteiger partial charge in [-0.15, -0.1) is 0 Å². The zero-order valence-corrected chi connectivity index (χ0v) is 20.5. The number of esters is 1. The number of halogens is 3. The van der Waals surface area contributed by atoms with E-state index >= 15 is 0 Å². The third-order valence-electron chi connectivity index (χ3n) is 4.61. The molecular weight excluding hydrogens is 592 g/mol. The largest absolute Gasteiger partial charge is 0.493 e. The fourth-order valence-electron chi connectivity index (χ4n) is 3.05. The smallest absolute Gasteiger partial charge is 0.363 e. The van der Waals surface area contributed by atoms with Gasteiger partial charge in [0.2, 0.25) is 5.90 Å². The van der Waals surface area contributed by atoms with Crippen LogP contribution in [0.5, 0.6) is 11.5 Å². The maximum absolute atomic E-state index is 14.0. The number of rotatable bonds is 6. The van der Waals surface area contributed by atoms with E-state index in [-0.39, 0.29) is 17.2 Å². The second-order valence-corrected chi connectivity index (χ2v) is 8.75. The van der Waals surface area contributed by atoms with E-state index in [4.69, 9.17) is 14.2 Å². The lowest BCUT2D eigenvalue weighted by Gasteiger charge is -2.14. The average molecular weight is 608 g/mol. The molecule has 0 saturated carbocycles. The molecule has 0 spiro atoms. The summed E-state index contributed by atoms with van der Waals surface area (Å²) in [6.45, 7) is 0.372. The molecule has 4 rings (SSSR count). The predicted molar refractivity (Wildman–Crippen MR) is 131 cm³/mol. The van der Waals surface area contributed by atoms with Gasteiger partial charge >= 0.3 is 5.97 Å². The molecule has 1 aliphatic rings. The summed E-state index contributed by atoms with van der Waals surface area (Å²) in [5.41, 5.74) is 1.88. The lowest BCUT2D eigenvalue weighted by Crippen LogP contribution is -2.07. The molecule has 5 nitrogen and oxygen atoms in total. The fourth-order valence-corrected chi connectivity index (χ4v) is 4.16. The summed E-state index contributed by atoms with van der Waals surface area (Å²) in [4.78, 5) is 16.4. The number of ether oxygens (including phenoxy) is 3. The average Bonchev–Trinajstić information content (AvgIpc) is 3.14. The Balaban J connectivity index is 1.61. The van der Waals surface area contributed by atoms with E-state index in [0.29, 0.717) is 28.1 Å². The van der Waals surface area contributed by atoms with Gasteiger partial charge in [-0.1, -0.05) is 30.3 Å². The Morgan fingerprint density at radius 2 is 1.91 bits per heavy atom. The number of methoxy groups -OCH3 is 1. The molecule has 0 saturated heterocycles. The van der Waals surface area contributed by atoms with Gasteiger partial charge in [0.05, 0.1) is 17.1 Å². The van der Waals surface area contributed by atoms with E-state index < -0.39 is 11.8 Å². The Hall–Kier alpha value is -2.72. The molecular formula is C24H16BrFINO4. The van der Waals surface area contributed by atoms with Gasteiger partial charge in [-0.25, -0.2) is 14.2 Å². The molecule has 1 heterocycles. The minimum absolute atomic E-state index is 0.0599. The van der Waals surface area contributed by atoms with Gasteiger partial charge in [-0.2, -0.15) is 0 Å².